The van der Waals surface area contributed by atoms with Crippen LogP contribution in [0.4, 0.5) is 0 Å². The SMILES string of the molecule is CCNC(=O)CN1CCN(C(=O)CCC2CCCC2)CC1. The lowest BCUT2D eigenvalue weighted by Crippen LogP contribution is -2.51. The minimum Gasteiger partial charge on any atom is -0.355 e. The van der Waals surface area contributed by atoms with E-state index < -0.39 is 0 Å². The summed E-state index contributed by atoms with van der Waals surface area (Å²) in [5, 5.41) is 2.82. The van der Waals surface area contributed by atoms with Crippen molar-refractivity contribution in [3.63, 3.8) is 0 Å². The van der Waals surface area contributed by atoms with Crippen LogP contribution in [0.25, 0.3) is 0 Å². The van der Waals surface area contributed by atoms with Crippen LogP contribution >= 0.6 is 0 Å². The van der Waals surface area contributed by atoms with Gasteiger partial charge in [-0.2, -0.15) is 0 Å². The second kappa shape index (κ2) is 8.37. The molecule has 2 aliphatic rings. The second-order valence-corrected chi connectivity index (χ2v) is 6.30. The number of piperazine rings is 1. The predicted molar refractivity (Wildman–Crippen MR) is 82.9 cm³/mol. The largest absolute Gasteiger partial charge is 0.355 e. The molecule has 0 aromatic rings. The zero-order valence-electron chi connectivity index (χ0n) is 13.3. The fourth-order valence-corrected chi connectivity index (χ4v) is 3.40. The molecule has 1 aliphatic heterocycles. The van der Waals surface area contributed by atoms with Crippen molar-refractivity contribution in [2.24, 2.45) is 5.92 Å². The van der Waals surface area contributed by atoms with E-state index in [2.05, 4.69) is 10.2 Å². The molecule has 1 N–H and O–H groups in total. The average molecular weight is 295 g/mol. The maximum atomic E-state index is 12.2. The van der Waals surface area contributed by atoms with Crippen LogP contribution in [0.2, 0.25) is 0 Å². The summed E-state index contributed by atoms with van der Waals surface area (Å²) in [6.07, 6.45) is 7.09. The first-order chi connectivity index (χ1) is 10.2. The lowest BCUT2D eigenvalue weighted by atomic mass is 10.0. The summed E-state index contributed by atoms with van der Waals surface area (Å²) in [6.45, 7) is 6.22. The van der Waals surface area contributed by atoms with E-state index in [4.69, 9.17) is 0 Å². The molecular weight excluding hydrogens is 266 g/mol. The van der Waals surface area contributed by atoms with Crippen LogP contribution in [0.1, 0.15) is 45.4 Å². The van der Waals surface area contributed by atoms with Crippen molar-refractivity contribution in [3.05, 3.63) is 0 Å². The van der Waals surface area contributed by atoms with Crippen LogP contribution in [0.5, 0.6) is 0 Å². The van der Waals surface area contributed by atoms with Crippen LogP contribution in [-0.4, -0.2) is 60.9 Å². The maximum Gasteiger partial charge on any atom is 0.234 e. The molecule has 120 valence electrons. The number of carbonyl (C=O) groups excluding carboxylic acids is 2. The highest BCUT2D eigenvalue weighted by Crippen LogP contribution is 2.28. The summed E-state index contributed by atoms with van der Waals surface area (Å²) in [5.41, 5.74) is 0. The highest BCUT2D eigenvalue weighted by molar-refractivity contribution is 5.78. The van der Waals surface area contributed by atoms with Gasteiger partial charge >= 0.3 is 0 Å². The van der Waals surface area contributed by atoms with Gasteiger partial charge < -0.3 is 10.2 Å². The van der Waals surface area contributed by atoms with Crippen molar-refractivity contribution >= 4 is 11.8 Å². The molecule has 0 bridgehead atoms. The summed E-state index contributed by atoms with van der Waals surface area (Å²) in [5.74, 6) is 1.17. The number of nitrogens with zero attached hydrogens (tertiary/aromatic N) is 2. The van der Waals surface area contributed by atoms with Crippen LogP contribution in [0.15, 0.2) is 0 Å². The Balaban J connectivity index is 1.63. The Morgan fingerprint density at radius 1 is 1.10 bits per heavy atom. The Morgan fingerprint density at radius 3 is 2.38 bits per heavy atom. The van der Waals surface area contributed by atoms with Gasteiger partial charge in [0.05, 0.1) is 6.54 Å². The van der Waals surface area contributed by atoms with Gasteiger partial charge in [0.1, 0.15) is 0 Å². The molecule has 21 heavy (non-hydrogen) atoms. The number of likely N-dealkylation sites (N-methyl/N-ethyl adjacent to an activating group) is 1. The molecule has 2 amide bonds. The van der Waals surface area contributed by atoms with Crippen molar-refractivity contribution in [3.8, 4) is 0 Å². The van der Waals surface area contributed by atoms with Gasteiger partial charge in [0.25, 0.3) is 0 Å². The molecule has 1 aliphatic carbocycles. The maximum absolute atomic E-state index is 12.2. The number of nitrogens with one attached hydrogen (secondary N) is 1. The zero-order valence-corrected chi connectivity index (χ0v) is 13.3. The first-order valence-corrected chi connectivity index (χ1v) is 8.46. The molecule has 0 aromatic carbocycles. The molecular formula is C16H29N3O2. The number of rotatable bonds is 6. The van der Waals surface area contributed by atoms with Gasteiger partial charge in [-0.05, 0) is 19.3 Å². The minimum absolute atomic E-state index is 0.0820. The first-order valence-electron chi connectivity index (χ1n) is 8.46. The van der Waals surface area contributed by atoms with Crippen LogP contribution in [0, 0.1) is 5.92 Å². The highest BCUT2D eigenvalue weighted by atomic mass is 16.2. The summed E-state index contributed by atoms with van der Waals surface area (Å²) >= 11 is 0. The van der Waals surface area contributed by atoms with Gasteiger partial charge in [-0.15, -0.1) is 0 Å². The molecule has 2 fully saturated rings. The average Bonchev–Trinajstić information content (AvgIpc) is 2.99. The molecule has 5 nitrogen and oxygen atoms in total. The van der Waals surface area contributed by atoms with Gasteiger partial charge in [-0.1, -0.05) is 25.7 Å². The lowest BCUT2D eigenvalue weighted by molar-refractivity contribution is -0.133. The quantitative estimate of drug-likeness (QED) is 0.802. The molecule has 0 aromatic heterocycles. The van der Waals surface area contributed by atoms with Crippen molar-refractivity contribution < 1.29 is 9.59 Å². The van der Waals surface area contributed by atoms with E-state index in [1.165, 1.54) is 25.7 Å². The van der Waals surface area contributed by atoms with E-state index >= 15 is 0 Å². The van der Waals surface area contributed by atoms with E-state index in [0.717, 1.165) is 38.5 Å². The van der Waals surface area contributed by atoms with Crippen LogP contribution < -0.4 is 5.32 Å². The topological polar surface area (TPSA) is 52.7 Å². The summed E-state index contributed by atoms with van der Waals surface area (Å²) in [6, 6.07) is 0. The van der Waals surface area contributed by atoms with E-state index in [1.807, 2.05) is 11.8 Å². The Kier molecular flexibility index (Phi) is 6.49. The smallest absolute Gasteiger partial charge is 0.234 e. The minimum atomic E-state index is 0.0820. The number of hydrogen-bond donors (Lipinski definition) is 1. The van der Waals surface area contributed by atoms with Gasteiger partial charge in [-0.3, -0.25) is 14.5 Å². The Hall–Kier alpha value is -1.10. The third kappa shape index (κ3) is 5.30. The van der Waals surface area contributed by atoms with E-state index in [9.17, 15) is 9.59 Å². The van der Waals surface area contributed by atoms with E-state index in [0.29, 0.717) is 25.4 Å². The van der Waals surface area contributed by atoms with E-state index in [-0.39, 0.29) is 5.91 Å². The van der Waals surface area contributed by atoms with Crippen molar-refractivity contribution in [1.29, 1.82) is 0 Å². The Morgan fingerprint density at radius 2 is 1.76 bits per heavy atom. The molecule has 0 unspecified atom stereocenters. The monoisotopic (exact) mass is 295 g/mol. The van der Waals surface area contributed by atoms with Gasteiger partial charge in [0, 0.05) is 39.1 Å². The molecule has 0 atom stereocenters. The predicted octanol–water partition coefficient (Wildman–Crippen LogP) is 1.24. The standard InChI is InChI=1S/C16H29N3O2/c1-2-17-15(20)13-18-9-11-19(12-10-18)16(21)8-7-14-5-3-4-6-14/h14H,2-13H2,1H3,(H,17,20). The molecule has 1 saturated heterocycles. The van der Waals surface area contributed by atoms with Gasteiger partial charge in [0.2, 0.25) is 11.8 Å². The normalized spacial score (nSPS) is 20.7. The van der Waals surface area contributed by atoms with Gasteiger partial charge in [0.15, 0.2) is 0 Å². The fraction of sp³-hybridized carbons (Fsp3) is 0.875. The molecule has 0 spiro atoms. The fourth-order valence-electron chi connectivity index (χ4n) is 3.40. The van der Waals surface area contributed by atoms with E-state index in [1.54, 1.807) is 0 Å². The summed E-state index contributed by atoms with van der Waals surface area (Å²) < 4.78 is 0. The summed E-state index contributed by atoms with van der Waals surface area (Å²) in [4.78, 5) is 27.9. The molecule has 2 rings (SSSR count). The van der Waals surface area contributed by atoms with Crippen LogP contribution in [-0.2, 0) is 9.59 Å². The molecule has 1 saturated carbocycles. The second-order valence-electron chi connectivity index (χ2n) is 6.30. The number of carbonyl (C=O) groups is 2. The first kappa shape index (κ1) is 16.3. The van der Waals surface area contributed by atoms with Crippen molar-refractivity contribution in [2.75, 3.05) is 39.3 Å². The Bertz CT molecular complexity index is 345. The van der Waals surface area contributed by atoms with Crippen molar-refractivity contribution in [2.45, 2.75) is 45.4 Å². The zero-order chi connectivity index (χ0) is 15.1. The lowest BCUT2D eigenvalue weighted by Gasteiger charge is -2.34. The van der Waals surface area contributed by atoms with Gasteiger partial charge in [-0.25, -0.2) is 0 Å². The van der Waals surface area contributed by atoms with Crippen LogP contribution in [0.3, 0.4) is 0 Å². The molecule has 5 heteroatoms. The Labute approximate surface area is 128 Å². The number of hydrogen-bond acceptors (Lipinski definition) is 3. The number of amides is 2. The summed E-state index contributed by atoms with van der Waals surface area (Å²) in [7, 11) is 0. The highest BCUT2D eigenvalue weighted by Gasteiger charge is 2.23. The van der Waals surface area contributed by atoms with Crippen molar-refractivity contribution in [1.82, 2.24) is 15.1 Å². The third-order valence-corrected chi connectivity index (χ3v) is 4.71. The molecule has 1 heterocycles. The molecule has 0 radical (unpaired) electrons. The third-order valence-electron chi connectivity index (χ3n) is 4.71.